The number of rotatable bonds is 1. The molecular weight excluding hydrogens is 222 g/mol. The lowest BCUT2D eigenvalue weighted by Crippen LogP contribution is -2.41. The number of fused-ring (bicyclic) bond motifs is 1. The van der Waals surface area contributed by atoms with Crippen LogP contribution in [0.15, 0.2) is 24.3 Å². The largest absolute Gasteiger partial charge is 0.311 e. The van der Waals surface area contributed by atoms with E-state index in [0.29, 0.717) is 6.04 Å². The van der Waals surface area contributed by atoms with Crippen LogP contribution in [0.1, 0.15) is 23.6 Å². The van der Waals surface area contributed by atoms with Gasteiger partial charge in [0.1, 0.15) is 0 Å². The molecule has 1 unspecified atom stereocenters. The molecule has 18 heavy (non-hydrogen) atoms. The van der Waals surface area contributed by atoms with Crippen LogP contribution in [-0.4, -0.2) is 49.6 Å². The maximum atomic E-state index is 3.56. The third kappa shape index (κ3) is 2.44. The summed E-state index contributed by atoms with van der Waals surface area (Å²) in [6.45, 7) is 6.97. The molecule has 0 saturated carbocycles. The van der Waals surface area contributed by atoms with Crippen LogP contribution < -0.4 is 5.32 Å². The molecule has 1 atom stereocenters. The summed E-state index contributed by atoms with van der Waals surface area (Å²) >= 11 is 0. The molecule has 0 amide bonds. The summed E-state index contributed by atoms with van der Waals surface area (Å²) in [5.41, 5.74) is 3.02. The van der Waals surface area contributed by atoms with Crippen LogP contribution in [-0.2, 0) is 6.54 Å². The third-order valence-corrected chi connectivity index (χ3v) is 4.26. The van der Waals surface area contributed by atoms with E-state index in [1.165, 1.54) is 38.2 Å². The molecule has 1 aromatic carbocycles. The van der Waals surface area contributed by atoms with Gasteiger partial charge in [0.05, 0.1) is 0 Å². The molecule has 3 nitrogen and oxygen atoms in total. The fraction of sp³-hybridized carbons (Fsp3) is 0.600. The Labute approximate surface area is 110 Å². The molecule has 2 aliphatic heterocycles. The van der Waals surface area contributed by atoms with Crippen molar-refractivity contribution in [2.45, 2.75) is 19.0 Å². The first kappa shape index (κ1) is 12.2. The standard InChI is InChI=1S/C15H23N3/c1-17-7-4-8-18(10-9-17)15-12-16-11-13-5-2-3-6-14(13)15/h2-3,5-6,15-16H,4,7-12H2,1H3. The summed E-state index contributed by atoms with van der Waals surface area (Å²) in [4.78, 5) is 5.11. The smallest absolute Gasteiger partial charge is 0.0476 e. The van der Waals surface area contributed by atoms with E-state index in [1.54, 1.807) is 5.56 Å². The van der Waals surface area contributed by atoms with Gasteiger partial charge in [-0.25, -0.2) is 0 Å². The van der Waals surface area contributed by atoms with Gasteiger partial charge in [0.25, 0.3) is 0 Å². The van der Waals surface area contributed by atoms with Gasteiger partial charge in [0.15, 0.2) is 0 Å². The molecule has 1 aromatic rings. The first-order valence-corrected chi connectivity index (χ1v) is 7.06. The highest BCUT2D eigenvalue weighted by Crippen LogP contribution is 2.27. The van der Waals surface area contributed by atoms with Crippen molar-refractivity contribution in [1.29, 1.82) is 0 Å². The zero-order chi connectivity index (χ0) is 12.4. The summed E-state index contributed by atoms with van der Waals surface area (Å²) in [5, 5.41) is 3.56. The fourth-order valence-electron chi connectivity index (χ4n) is 3.18. The van der Waals surface area contributed by atoms with Crippen molar-refractivity contribution < 1.29 is 0 Å². The molecule has 98 valence electrons. The quantitative estimate of drug-likeness (QED) is 0.808. The third-order valence-electron chi connectivity index (χ3n) is 4.26. The van der Waals surface area contributed by atoms with Crippen molar-refractivity contribution >= 4 is 0 Å². The lowest BCUT2D eigenvalue weighted by molar-refractivity contribution is 0.191. The van der Waals surface area contributed by atoms with Gasteiger partial charge < -0.3 is 10.2 Å². The van der Waals surface area contributed by atoms with Crippen LogP contribution in [0.5, 0.6) is 0 Å². The number of benzene rings is 1. The second-order valence-electron chi connectivity index (χ2n) is 5.54. The number of nitrogens with zero attached hydrogens (tertiary/aromatic N) is 2. The van der Waals surface area contributed by atoms with Gasteiger partial charge >= 0.3 is 0 Å². The van der Waals surface area contributed by atoms with E-state index < -0.39 is 0 Å². The predicted molar refractivity (Wildman–Crippen MR) is 74.6 cm³/mol. The molecule has 0 aliphatic carbocycles. The highest BCUT2D eigenvalue weighted by atomic mass is 15.2. The zero-order valence-electron chi connectivity index (χ0n) is 11.2. The fourth-order valence-corrected chi connectivity index (χ4v) is 3.18. The average molecular weight is 245 g/mol. The Morgan fingerprint density at radius 1 is 1.11 bits per heavy atom. The number of hydrogen-bond donors (Lipinski definition) is 1. The van der Waals surface area contributed by atoms with Gasteiger partial charge in [0, 0.05) is 38.8 Å². The Morgan fingerprint density at radius 2 is 2.00 bits per heavy atom. The summed E-state index contributed by atoms with van der Waals surface area (Å²) in [7, 11) is 2.23. The van der Waals surface area contributed by atoms with Crippen molar-refractivity contribution in [2.75, 3.05) is 39.8 Å². The second-order valence-corrected chi connectivity index (χ2v) is 5.54. The summed E-state index contributed by atoms with van der Waals surface area (Å²) in [6, 6.07) is 9.48. The molecule has 2 heterocycles. The minimum Gasteiger partial charge on any atom is -0.311 e. The van der Waals surface area contributed by atoms with E-state index in [4.69, 9.17) is 0 Å². The van der Waals surface area contributed by atoms with E-state index in [1.807, 2.05) is 0 Å². The Kier molecular flexibility index (Phi) is 3.64. The molecule has 1 fully saturated rings. The molecule has 1 N–H and O–H groups in total. The van der Waals surface area contributed by atoms with E-state index in [2.05, 4.69) is 46.4 Å². The van der Waals surface area contributed by atoms with Crippen LogP contribution in [0, 0.1) is 0 Å². The maximum Gasteiger partial charge on any atom is 0.0476 e. The number of likely N-dealkylation sites (N-methyl/N-ethyl adjacent to an activating group) is 1. The van der Waals surface area contributed by atoms with E-state index >= 15 is 0 Å². The van der Waals surface area contributed by atoms with Crippen LogP contribution in [0.3, 0.4) is 0 Å². The van der Waals surface area contributed by atoms with Gasteiger partial charge in [0.2, 0.25) is 0 Å². The molecule has 1 saturated heterocycles. The summed E-state index contributed by atoms with van der Waals surface area (Å²) < 4.78 is 0. The van der Waals surface area contributed by atoms with Crippen molar-refractivity contribution in [1.82, 2.24) is 15.1 Å². The molecule has 3 heteroatoms. The van der Waals surface area contributed by atoms with Gasteiger partial charge in [-0.05, 0) is 31.1 Å². The van der Waals surface area contributed by atoms with Crippen LogP contribution in [0.25, 0.3) is 0 Å². The molecule has 2 aliphatic rings. The second kappa shape index (κ2) is 5.39. The first-order chi connectivity index (χ1) is 8.84. The van der Waals surface area contributed by atoms with Crippen molar-refractivity contribution in [2.24, 2.45) is 0 Å². The molecule has 3 rings (SSSR count). The van der Waals surface area contributed by atoms with Crippen LogP contribution >= 0.6 is 0 Å². The molecule has 0 bridgehead atoms. The molecule has 0 spiro atoms. The SMILES string of the molecule is CN1CCCN(C2CNCc3ccccc32)CC1. The number of nitrogens with one attached hydrogen (secondary N) is 1. The van der Waals surface area contributed by atoms with E-state index in [-0.39, 0.29) is 0 Å². The lowest BCUT2D eigenvalue weighted by atomic mass is 9.95. The van der Waals surface area contributed by atoms with Crippen molar-refractivity contribution in [3.63, 3.8) is 0 Å². The van der Waals surface area contributed by atoms with Gasteiger partial charge in [-0.2, -0.15) is 0 Å². The molecule has 0 radical (unpaired) electrons. The Hall–Kier alpha value is -0.900. The highest BCUT2D eigenvalue weighted by molar-refractivity contribution is 5.32. The maximum absolute atomic E-state index is 3.56. The summed E-state index contributed by atoms with van der Waals surface area (Å²) in [6.07, 6.45) is 1.29. The molecular formula is C15H23N3. The van der Waals surface area contributed by atoms with Crippen molar-refractivity contribution in [3.05, 3.63) is 35.4 Å². The van der Waals surface area contributed by atoms with Crippen molar-refractivity contribution in [3.8, 4) is 0 Å². The normalized spacial score (nSPS) is 26.6. The zero-order valence-corrected chi connectivity index (χ0v) is 11.2. The van der Waals surface area contributed by atoms with E-state index in [9.17, 15) is 0 Å². The minimum absolute atomic E-state index is 0.571. The monoisotopic (exact) mass is 245 g/mol. The Morgan fingerprint density at radius 3 is 2.94 bits per heavy atom. The highest BCUT2D eigenvalue weighted by Gasteiger charge is 2.26. The summed E-state index contributed by atoms with van der Waals surface area (Å²) in [5.74, 6) is 0. The molecule has 0 aromatic heterocycles. The Balaban J connectivity index is 1.80. The van der Waals surface area contributed by atoms with Gasteiger partial charge in [-0.1, -0.05) is 24.3 Å². The average Bonchev–Trinajstić information content (AvgIpc) is 2.63. The topological polar surface area (TPSA) is 18.5 Å². The number of hydrogen-bond acceptors (Lipinski definition) is 3. The Bertz CT molecular complexity index is 404. The predicted octanol–water partition coefficient (Wildman–Crippen LogP) is 1.47. The first-order valence-electron chi connectivity index (χ1n) is 7.06. The van der Waals surface area contributed by atoms with Gasteiger partial charge in [-0.3, -0.25) is 4.90 Å². The minimum atomic E-state index is 0.571. The lowest BCUT2D eigenvalue weighted by Gasteiger charge is -2.35. The van der Waals surface area contributed by atoms with Gasteiger partial charge in [-0.15, -0.1) is 0 Å². The van der Waals surface area contributed by atoms with Crippen LogP contribution in [0.2, 0.25) is 0 Å². The van der Waals surface area contributed by atoms with E-state index in [0.717, 1.165) is 13.1 Å². The van der Waals surface area contributed by atoms with Crippen LogP contribution in [0.4, 0.5) is 0 Å².